The smallest absolute Gasteiger partial charge is 0.321 e. The number of ether oxygens (including phenoxy) is 1. The first kappa shape index (κ1) is 16.0. The predicted octanol–water partition coefficient (Wildman–Crippen LogP) is 1.75. The first-order chi connectivity index (χ1) is 8.69. The zero-order chi connectivity index (χ0) is 14.8. The Morgan fingerprint density at radius 3 is 2.42 bits per heavy atom. The van der Waals surface area contributed by atoms with E-state index < -0.39 is 22.0 Å². The molecule has 1 aromatic rings. The third-order valence-corrected chi connectivity index (χ3v) is 4.50. The first-order valence-corrected chi connectivity index (χ1v) is 7.21. The summed E-state index contributed by atoms with van der Waals surface area (Å²) in [5.74, 6) is -1.09. The van der Waals surface area contributed by atoms with E-state index in [0.29, 0.717) is 0 Å². The van der Waals surface area contributed by atoms with E-state index in [9.17, 15) is 13.2 Å². The second-order valence-electron chi connectivity index (χ2n) is 3.60. The van der Waals surface area contributed by atoms with Crippen LogP contribution in [0.4, 0.5) is 0 Å². The van der Waals surface area contributed by atoms with E-state index in [4.69, 9.17) is 33.0 Å². The molecule has 19 heavy (non-hydrogen) atoms. The van der Waals surface area contributed by atoms with Gasteiger partial charge in [-0.1, -0.05) is 23.2 Å². The average Bonchev–Trinajstić information content (AvgIpc) is 2.30. The Labute approximate surface area is 120 Å². The normalized spacial score (nSPS) is 13.1. The SMILES string of the molecule is COc1cc(Cl)c(S(=O)(=O)NC(C)C(=O)O)cc1Cl. The number of benzene rings is 1. The van der Waals surface area contributed by atoms with Crippen LogP contribution < -0.4 is 9.46 Å². The summed E-state index contributed by atoms with van der Waals surface area (Å²) in [6.07, 6.45) is 0. The van der Waals surface area contributed by atoms with Crippen molar-refractivity contribution in [1.29, 1.82) is 0 Å². The Morgan fingerprint density at radius 1 is 1.37 bits per heavy atom. The van der Waals surface area contributed by atoms with Crippen molar-refractivity contribution in [3.8, 4) is 5.75 Å². The Kier molecular flexibility index (Phi) is 5.03. The van der Waals surface area contributed by atoms with Crippen molar-refractivity contribution in [1.82, 2.24) is 4.72 Å². The molecule has 0 aliphatic heterocycles. The van der Waals surface area contributed by atoms with E-state index in [2.05, 4.69) is 0 Å². The van der Waals surface area contributed by atoms with Crippen molar-refractivity contribution in [2.75, 3.05) is 7.11 Å². The second-order valence-corrected chi connectivity index (χ2v) is 6.10. The molecule has 0 heterocycles. The van der Waals surface area contributed by atoms with Crippen molar-refractivity contribution in [3.05, 3.63) is 22.2 Å². The van der Waals surface area contributed by atoms with Crippen molar-refractivity contribution in [3.63, 3.8) is 0 Å². The number of carboxylic acid groups (broad SMARTS) is 1. The highest BCUT2D eigenvalue weighted by atomic mass is 35.5. The van der Waals surface area contributed by atoms with Gasteiger partial charge >= 0.3 is 5.97 Å². The molecule has 0 aliphatic rings. The molecule has 0 aromatic heterocycles. The average molecular weight is 328 g/mol. The summed E-state index contributed by atoms with van der Waals surface area (Å²) in [7, 11) is -2.73. The maximum absolute atomic E-state index is 12.0. The fourth-order valence-corrected chi connectivity index (χ4v) is 3.27. The molecule has 0 bridgehead atoms. The molecule has 0 spiro atoms. The summed E-state index contributed by atoms with van der Waals surface area (Å²) in [5.41, 5.74) is 0. The number of rotatable bonds is 5. The number of sulfonamides is 1. The van der Waals surface area contributed by atoms with E-state index in [1.165, 1.54) is 20.1 Å². The van der Waals surface area contributed by atoms with Crippen LogP contribution in [0, 0.1) is 0 Å². The van der Waals surface area contributed by atoms with E-state index in [1.54, 1.807) is 0 Å². The largest absolute Gasteiger partial charge is 0.495 e. The summed E-state index contributed by atoms with van der Waals surface area (Å²) in [6.45, 7) is 1.19. The number of halogens is 2. The van der Waals surface area contributed by atoms with Gasteiger partial charge in [0.25, 0.3) is 0 Å². The molecule has 6 nitrogen and oxygen atoms in total. The van der Waals surface area contributed by atoms with Crippen LogP contribution in [0.2, 0.25) is 10.0 Å². The number of nitrogens with one attached hydrogen (secondary N) is 1. The number of hydrogen-bond acceptors (Lipinski definition) is 4. The van der Waals surface area contributed by atoms with Gasteiger partial charge in [0.05, 0.1) is 17.2 Å². The Balaban J connectivity index is 3.22. The Morgan fingerprint density at radius 2 is 1.95 bits per heavy atom. The number of methoxy groups -OCH3 is 1. The molecule has 1 atom stereocenters. The zero-order valence-electron chi connectivity index (χ0n) is 9.98. The summed E-state index contributed by atoms with van der Waals surface area (Å²) in [5, 5.41) is 8.62. The standard InChI is InChI=1S/C10H11Cl2NO5S/c1-5(10(14)15)13-19(16,17)9-4-6(11)8(18-2)3-7(9)12/h3-5,13H,1-2H3,(H,14,15). The lowest BCUT2D eigenvalue weighted by molar-refractivity contribution is -0.138. The van der Waals surface area contributed by atoms with Crippen LogP contribution in [-0.4, -0.2) is 32.6 Å². The molecule has 9 heteroatoms. The predicted molar refractivity (Wildman–Crippen MR) is 70.4 cm³/mol. The van der Waals surface area contributed by atoms with Crippen LogP contribution in [0.5, 0.6) is 5.75 Å². The minimum absolute atomic E-state index is 0.0512. The molecule has 2 N–H and O–H groups in total. The highest BCUT2D eigenvalue weighted by Gasteiger charge is 2.25. The highest BCUT2D eigenvalue weighted by molar-refractivity contribution is 7.89. The lowest BCUT2D eigenvalue weighted by Gasteiger charge is -2.13. The van der Waals surface area contributed by atoms with Gasteiger partial charge in [0.1, 0.15) is 16.7 Å². The second kappa shape index (κ2) is 5.96. The zero-order valence-corrected chi connectivity index (χ0v) is 12.3. The van der Waals surface area contributed by atoms with Crippen LogP contribution >= 0.6 is 23.2 Å². The quantitative estimate of drug-likeness (QED) is 0.859. The highest BCUT2D eigenvalue weighted by Crippen LogP contribution is 2.33. The minimum atomic E-state index is -4.09. The lowest BCUT2D eigenvalue weighted by atomic mass is 10.3. The van der Waals surface area contributed by atoms with E-state index in [0.717, 1.165) is 6.07 Å². The van der Waals surface area contributed by atoms with Gasteiger partial charge in [-0.15, -0.1) is 0 Å². The maximum atomic E-state index is 12.0. The minimum Gasteiger partial charge on any atom is -0.495 e. The molecule has 0 aliphatic carbocycles. The van der Waals surface area contributed by atoms with Crippen LogP contribution in [0.3, 0.4) is 0 Å². The maximum Gasteiger partial charge on any atom is 0.321 e. The van der Waals surface area contributed by atoms with Crippen LogP contribution in [0.15, 0.2) is 17.0 Å². The monoisotopic (exact) mass is 327 g/mol. The van der Waals surface area contributed by atoms with Crippen molar-refractivity contribution < 1.29 is 23.1 Å². The van der Waals surface area contributed by atoms with E-state index >= 15 is 0 Å². The molecular weight excluding hydrogens is 317 g/mol. The lowest BCUT2D eigenvalue weighted by Crippen LogP contribution is -2.38. The summed E-state index contributed by atoms with van der Waals surface area (Å²) in [4.78, 5) is 10.3. The van der Waals surface area contributed by atoms with Crippen molar-refractivity contribution in [2.24, 2.45) is 0 Å². The van der Waals surface area contributed by atoms with Crippen LogP contribution in [0.1, 0.15) is 6.92 Å². The van der Waals surface area contributed by atoms with Crippen LogP contribution in [0.25, 0.3) is 0 Å². The molecule has 106 valence electrons. The van der Waals surface area contributed by atoms with E-state index in [-0.39, 0.29) is 20.7 Å². The van der Waals surface area contributed by atoms with Gasteiger partial charge < -0.3 is 9.84 Å². The third-order valence-electron chi connectivity index (χ3n) is 2.20. The molecule has 0 radical (unpaired) electrons. The summed E-state index contributed by atoms with van der Waals surface area (Å²) in [6, 6.07) is 1.05. The molecule has 1 unspecified atom stereocenters. The summed E-state index contributed by atoms with van der Waals surface area (Å²) >= 11 is 11.6. The Hall–Kier alpha value is -1.02. The van der Waals surface area contributed by atoms with Gasteiger partial charge in [-0.3, -0.25) is 4.79 Å². The molecular formula is C10H11Cl2NO5S. The van der Waals surface area contributed by atoms with E-state index in [1.807, 2.05) is 4.72 Å². The van der Waals surface area contributed by atoms with Gasteiger partial charge in [0, 0.05) is 6.07 Å². The number of carboxylic acids is 1. The Bertz CT molecular complexity index is 602. The molecule has 0 saturated carbocycles. The fraction of sp³-hybridized carbons (Fsp3) is 0.300. The first-order valence-electron chi connectivity index (χ1n) is 4.97. The molecule has 1 aromatic carbocycles. The van der Waals surface area contributed by atoms with Crippen LogP contribution in [-0.2, 0) is 14.8 Å². The van der Waals surface area contributed by atoms with Crippen molar-refractivity contribution >= 4 is 39.2 Å². The molecule has 0 fully saturated rings. The third kappa shape index (κ3) is 3.73. The fourth-order valence-electron chi connectivity index (χ4n) is 1.22. The van der Waals surface area contributed by atoms with Gasteiger partial charge in [-0.05, 0) is 13.0 Å². The molecule has 0 amide bonds. The molecule has 0 saturated heterocycles. The van der Waals surface area contributed by atoms with Gasteiger partial charge in [0.15, 0.2) is 0 Å². The molecule has 1 rings (SSSR count). The topological polar surface area (TPSA) is 92.7 Å². The van der Waals surface area contributed by atoms with Crippen molar-refractivity contribution in [2.45, 2.75) is 17.9 Å². The number of aliphatic carboxylic acids is 1. The van der Waals surface area contributed by atoms with Gasteiger partial charge in [0.2, 0.25) is 10.0 Å². The van der Waals surface area contributed by atoms with Gasteiger partial charge in [-0.25, -0.2) is 8.42 Å². The number of hydrogen-bond donors (Lipinski definition) is 2. The van der Waals surface area contributed by atoms with Gasteiger partial charge in [-0.2, -0.15) is 4.72 Å². The number of carbonyl (C=O) groups is 1. The summed E-state index contributed by atoms with van der Waals surface area (Å²) < 4.78 is 30.8.